The Kier molecular flexibility index (Phi) is 2.64. The highest BCUT2D eigenvalue weighted by molar-refractivity contribution is 5.94. The third-order valence-corrected chi connectivity index (χ3v) is 4.36. The standard InChI is InChI=1S/C17H16N2O2/c1-11-16-14(13-4-2-3-5-15(13)18-16)6-8-19(11)17(20)12-7-9-21-10-12/h2-5,7,9-11,18H,6,8H2,1H3/t11-/m1/s1. The Bertz CT molecular complexity index is 801. The van der Waals surface area contributed by atoms with Crippen molar-refractivity contribution in [2.75, 3.05) is 6.54 Å². The van der Waals surface area contributed by atoms with Gasteiger partial charge in [-0.3, -0.25) is 4.79 Å². The summed E-state index contributed by atoms with van der Waals surface area (Å²) in [7, 11) is 0. The van der Waals surface area contributed by atoms with Gasteiger partial charge in [-0.2, -0.15) is 0 Å². The summed E-state index contributed by atoms with van der Waals surface area (Å²) in [5, 5.41) is 1.27. The summed E-state index contributed by atoms with van der Waals surface area (Å²) in [5.74, 6) is 0.0283. The number of furan rings is 1. The largest absolute Gasteiger partial charge is 0.472 e. The summed E-state index contributed by atoms with van der Waals surface area (Å²) < 4.78 is 5.02. The van der Waals surface area contributed by atoms with Crippen LogP contribution in [-0.2, 0) is 6.42 Å². The van der Waals surface area contributed by atoms with Crippen LogP contribution in [0.5, 0.6) is 0 Å². The van der Waals surface area contributed by atoms with Gasteiger partial charge in [0.15, 0.2) is 0 Å². The molecule has 1 amide bonds. The molecule has 2 aromatic heterocycles. The zero-order valence-electron chi connectivity index (χ0n) is 11.8. The topological polar surface area (TPSA) is 49.2 Å². The van der Waals surface area contributed by atoms with Crippen LogP contribution in [0.2, 0.25) is 0 Å². The number of hydrogen-bond donors (Lipinski definition) is 1. The molecule has 21 heavy (non-hydrogen) atoms. The molecular formula is C17H16N2O2. The highest BCUT2D eigenvalue weighted by Crippen LogP contribution is 2.34. The first-order valence-electron chi connectivity index (χ1n) is 7.18. The Labute approximate surface area is 122 Å². The Hall–Kier alpha value is -2.49. The van der Waals surface area contributed by atoms with Gasteiger partial charge in [-0.15, -0.1) is 0 Å². The zero-order chi connectivity index (χ0) is 14.4. The second-order valence-corrected chi connectivity index (χ2v) is 5.50. The van der Waals surface area contributed by atoms with E-state index in [1.807, 2.05) is 11.0 Å². The number of hydrogen-bond acceptors (Lipinski definition) is 2. The van der Waals surface area contributed by atoms with Crippen molar-refractivity contribution in [1.29, 1.82) is 0 Å². The lowest BCUT2D eigenvalue weighted by atomic mass is 9.98. The van der Waals surface area contributed by atoms with Gasteiger partial charge in [0.25, 0.3) is 5.91 Å². The Morgan fingerprint density at radius 1 is 1.33 bits per heavy atom. The van der Waals surface area contributed by atoms with E-state index < -0.39 is 0 Å². The second-order valence-electron chi connectivity index (χ2n) is 5.50. The number of carbonyl (C=O) groups excluding carboxylic acids is 1. The normalized spacial score (nSPS) is 18.0. The predicted octanol–water partition coefficient (Wildman–Crippen LogP) is 3.52. The highest BCUT2D eigenvalue weighted by Gasteiger charge is 2.31. The average Bonchev–Trinajstić information content (AvgIpc) is 3.15. The molecule has 106 valence electrons. The highest BCUT2D eigenvalue weighted by atomic mass is 16.3. The van der Waals surface area contributed by atoms with E-state index >= 15 is 0 Å². The van der Waals surface area contributed by atoms with Crippen LogP contribution in [0.25, 0.3) is 10.9 Å². The number of aromatic amines is 1. The fourth-order valence-corrected chi connectivity index (χ4v) is 3.26. The molecule has 0 radical (unpaired) electrons. The molecule has 0 saturated carbocycles. The smallest absolute Gasteiger partial charge is 0.257 e. The number of para-hydroxylation sites is 1. The molecule has 1 aliphatic rings. The SMILES string of the molecule is C[C@@H]1c2[nH]c3ccccc3c2CCN1C(=O)c1ccoc1. The summed E-state index contributed by atoms with van der Waals surface area (Å²) in [4.78, 5) is 17.9. The first-order valence-corrected chi connectivity index (χ1v) is 7.18. The maximum atomic E-state index is 12.5. The fraction of sp³-hybridized carbons (Fsp3) is 0.235. The Morgan fingerprint density at radius 2 is 2.19 bits per heavy atom. The van der Waals surface area contributed by atoms with Crippen LogP contribution in [0.1, 0.15) is 34.6 Å². The van der Waals surface area contributed by atoms with Crippen LogP contribution in [0.3, 0.4) is 0 Å². The number of nitrogens with zero attached hydrogens (tertiary/aromatic N) is 1. The molecule has 1 N–H and O–H groups in total. The number of benzene rings is 1. The van der Waals surface area contributed by atoms with E-state index in [9.17, 15) is 4.79 Å². The zero-order valence-corrected chi connectivity index (χ0v) is 11.8. The van der Waals surface area contributed by atoms with E-state index in [1.165, 1.54) is 23.5 Å². The van der Waals surface area contributed by atoms with Gasteiger partial charge in [0.1, 0.15) is 6.26 Å². The molecule has 1 aliphatic heterocycles. The minimum atomic E-state index is 0.0283. The quantitative estimate of drug-likeness (QED) is 0.741. The van der Waals surface area contributed by atoms with Gasteiger partial charge in [-0.05, 0) is 31.0 Å². The van der Waals surface area contributed by atoms with E-state index in [1.54, 1.807) is 6.07 Å². The van der Waals surface area contributed by atoms with Crippen LogP contribution >= 0.6 is 0 Å². The molecule has 4 nitrogen and oxygen atoms in total. The molecule has 0 unspecified atom stereocenters. The molecule has 0 aliphatic carbocycles. The number of fused-ring (bicyclic) bond motifs is 3. The summed E-state index contributed by atoms with van der Waals surface area (Å²) in [6.45, 7) is 2.81. The number of rotatable bonds is 1. The molecule has 0 saturated heterocycles. The number of nitrogens with one attached hydrogen (secondary N) is 1. The van der Waals surface area contributed by atoms with Gasteiger partial charge >= 0.3 is 0 Å². The van der Waals surface area contributed by atoms with Crippen LogP contribution < -0.4 is 0 Å². The molecule has 0 spiro atoms. The van der Waals surface area contributed by atoms with Gasteiger partial charge < -0.3 is 14.3 Å². The molecule has 3 aromatic rings. The number of H-pyrrole nitrogens is 1. The monoisotopic (exact) mass is 280 g/mol. The number of amides is 1. The van der Waals surface area contributed by atoms with E-state index in [-0.39, 0.29) is 11.9 Å². The summed E-state index contributed by atoms with van der Waals surface area (Å²) in [6.07, 6.45) is 3.93. The molecular weight excluding hydrogens is 264 g/mol. The van der Waals surface area contributed by atoms with E-state index in [0.29, 0.717) is 5.56 Å². The fourth-order valence-electron chi connectivity index (χ4n) is 3.26. The van der Waals surface area contributed by atoms with Crippen molar-refractivity contribution in [1.82, 2.24) is 9.88 Å². The second kappa shape index (κ2) is 4.52. The van der Waals surface area contributed by atoms with Gasteiger partial charge in [0, 0.05) is 23.1 Å². The molecule has 1 atom stereocenters. The van der Waals surface area contributed by atoms with Crippen molar-refractivity contribution in [2.24, 2.45) is 0 Å². The summed E-state index contributed by atoms with van der Waals surface area (Å²) in [6, 6.07) is 10.1. The van der Waals surface area contributed by atoms with Gasteiger partial charge in [0.05, 0.1) is 17.9 Å². The molecule has 3 heterocycles. The summed E-state index contributed by atoms with van der Waals surface area (Å²) >= 11 is 0. The molecule has 0 bridgehead atoms. The molecule has 1 aromatic carbocycles. The number of aromatic nitrogens is 1. The first kappa shape index (κ1) is 12.3. The van der Waals surface area contributed by atoms with E-state index in [2.05, 4.69) is 30.1 Å². The average molecular weight is 280 g/mol. The van der Waals surface area contributed by atoms with Crippen molar-refractivity contribution < 1.29 is 9.21 Å². The van der Waals surface area contributed by atoms with Crippen LogP contribution in [0.15, 0.2) is 47.3 Å². The van der Waals surface area contributed by atoms with Crippen molar-refractivity contribution in [2.45, 2.75) is 19.4 Å². The number of carbonyl (C=O) groups is 1. The first-order chi connectivity index (χ1) is 10.3. The summed E-state index contributed by atoms with van der Waals surface area (Å²) in [5.41, 5.74) is 4.25. The lowest BCUT2D eigenvalue weighted by Gasteiger charge is -2.33. The third-order valence-electron chi connectivity index (χ3n) is 4.36. The maximum Gasteiger partial charge on any atom is 0.257 e. The van der Waals surface area contributed by atoms with Crippen LogP contribution in [0.4, 0.5) is 0 Å². The van der Waals surface area contributed by atoms with E-state index in [0.717, 1.165) is 24.2 Å². The Morgan fingerprint density at radius 3 is 3.00 bits per heavy atom. The van der Waals surface area contributed by atoms with Gasteiger partial charge in [-0.1, -0.05) is 18.2 Å². The molecule has 4 rings (SSSR count). The maximum absolute atomic E-state index is 12.5. The lowest BCUT2D eigenvalue weighted by Crippen LogP contribution is -2.38. The predicted molar refractivity (Wildman–Crippen MR) is 80.2 cm³/mol. The van der Waals surface area contributed by atoms with E-state index in [4.69, 9.17) is 4.42 Å². The third kappa shape index (κ3) is 1.79. The lowest BCUT2D eigenvalue weighted by molar-refractivity contribution is 0.0674. The van der Waals surface area contributed by atoms with Gasteiger partial charge in [0.2, 0.25) is 0 Å². The Balaban J connectivity index is 1.75. The van der Waals surface area contributed by atoms with Crippen LogP contribution in [-0.4, -0.2) is 22.3 Å². The van der Waals surface area contributed by atoms with Crippen LogP contribution in [0, 0.1) is 0 Å². The minimum absolute atomic E-state index is 0.0283. The minimum Gasteiger partial charge on any atom is -0.472 e. The van der Waals surface area contributed by atoms with Crippen molar-refractivity contribution >= 4 is 16.8 Å². The van der Waals surface area contributed by atoms with Crippen molar-refractivity contribution in [3.8, 4) is 0 Å². The van der Waals surface area contributed by atoms with Crippen molar-refractivity contribution in [3.63, 3.8) is 0 Å². The molecule has 4 heteroatoms. The molecule has 0 fully saturated rings. The van der Waals surface area contributed by atoms with Crippen molar-refractivity contribution in [3.05, 3.63) is 59.7 Å². The van der Waals surface area contributed by atoms with Gasteiger partial charge in [-0.25, -0.2) is 0 Å².